The zero-order chi connectivity index (χ0) is 13.5. The number of halogens is 1. The number of amides is 1. The summed E-state index contributed by atoms with van der Waals surface area (Å²) in [6.07, 6.45) is 0.881. The van der Waals surface area contributed by atoms with Crippen LogP contribution in [-0.4, -0.2) is 23.7 Å². The Balaban J connectivity index is 2.55. The molecule has 1 atom stereocenters. The summed E-state index contributed by atoms with van der Waals surface area (Å²) in [5.74, 6) is 0.371. The Labute approximate surface area is 115 Å². The van der Waals surface area contributed by atoms with Crippen LogP contribution in [0.25, 0.3) is 0 Å². The third-order valence-electron chi connectivity index (χ3n) is 2.57. The van der Waals surface area contributed by atoms with E-state index in [1.807, 2.05) is 13.8 Å². The van der Waals surface area contributed by atoms with Gasteiger partial charge in [0, 0.05) is 16.1 Å². The van der Waals surface area contributed by atoms with Gasteiger partial charge in [0.1, 0.15) is 5.75 Å². The number of aliphatic hydroxyl groups excluding tert-OH is 1. The standard InChI is InChI=1S/C13H18BrNO3/c1-3-9(2)15-13(17)8-18-12-5-4-11(14)6-10(12)7-16/h4-6,9,16H,3,7-8H2,1-2H3,(H,15,17). The first-order chi connectivity index (χ1) is 8.56. The van der Waals surface area contributed by atoms with Crippen molar-refractivity contribution in [2.45, 2.75) is 32.9 Å². The molecule has 100 valence electrons. The lowest BCUT2D eigenvalue weighted by Gasteiger charge is -2.13. The van der Waals surface area contributed by atoms with Crippen LogP contribution in [-0.2, 0) is 11.4 Å². The van der Waals surface area contributed by atoms with E-state index in [-0.39, 0.29) is 25.2 Å². The average molecular weight is 316 g/mol. The predicted molar refractivity (Wildman–Crippen MR) is 73.5 cm³/mol. The molecule has 1 amide bonds. The van der Waals surface area contributed by atoms with Crippen LogP contribution in [0.4, 0.5) is 0 Å². The van der Waals surface area contributed by atoms with Gasteiger partial charge >= 0.3 is 0 Å². The topological polar surface area (TPSA) is 58.6 Å². The summed E-state index contributed by atoms with van der Waals surface area (Å²) in [5, 5.41) is 12.0. The number of ether oxygens (including phenoxy) is 1. The quantitative estimate of drug-likeness (QED) is 0.846. The summed E-state index contributed by atoms with van der Waals surface area (Å²) in [4.78, 5) is 11.5. The highest BCUT2D eigenvalue weighted by Crippen LogP contribution is 2.23. The largest absolute Gasteiger partial charge is 0.483 e. The van der Waals surface area contributed by atoms with Crippen LogP contribution in [0.1, 0.15) is 25.8 Å². The Hall–Kier alpha value is -1.07. The normalized spacial score (nSPS) is 12.0. The van der Waals surface area contributed by atoms with Crippen molar-refractivity contribution < 1.29 is 14.6 Å². The average Bonchev–Trinajstić information content (AvgIpc) is 2.36. The van der Waals surface area contributed by atoms with Crippen molar-refractivity contribution in [3.8, 4) is 5.75 Å². The van der Waals surface area contributed by atoms with E-state index in [9.17, 15) is 9.90 Å². The van der Waals surface area contributed by atoms with Crippen molar-refractivity contribution in [1.29, 1.82) is 0 Å². The van der Waals surface area contributed by atoms with Gasteiger partial charge in [0.15, 0.2) is 6.61 Å². The minimum absolute atomic E-state index is 0.0427. The summed E-state index contributed by atoms with van der Waals surface area (Å²) in [6.45, 7) is 3.78. The molecule has 0 aromatic heterocycles. The van der Waals surface area contributed by atoms with Crippen molar-refractivity contribution in [3.05, 3.63) is 28.2 Å². The van der Waals surface area contributed by atoms with Gasteiger partial charge in [0.2, 0.25) is 0 Å². The highest BCUT2D eigenvalue weighted by molar-refractivity contribution is 9.10. The van der Waals surface area contributed by atoms with E-state index in [2.05, 4.69) is 21.2 Å². The zero-order valence-electron chi connectivity index (χ0n) is 10.6. The minimum atomic E-state index is -0.156. The molecule has 0 fully saturated rings. The number of hydrogen-bond acceptors (Lipinski definition) is 3. The van der Waals surface area contributed by atoms with Crippen molar-refractivity contribution in [2.75, 3.05) is 6.61 Å². The molecule has 5 heteroatoms. The first-order valence-corrected chi connectivity index (χ1v) is 6.67. The van der Waals surface area contributed by atoms with Gasteiger partial charge in [-0.15, -0.1) is 0 Å². The monoisotopic (exact) mass is 315 g/mol. The molecule has 1 unspecified atom stereocenters. The molecule has 0 aliphatic heterocycles. The second-order valence-electron chi connectivity index (χ2n) is 4.08. The van der Waals surface area contributed by atoms with Gasteiger partial charge < -0.3 is 15.2 Å². The first kappa shape index (κ1) is 15.0. The maximum atomic E-state index is 11.5. The smallest absolute Gasteiger partial charge is 0.258 e. The fourth-order valence-corrected chi connectivity index (χ4v) is 1.78. The molecule has 1 aromatic carbocycles. The van der Waals surface area contributed by atoms with Crippen LogP contribution < -0.4 is 10.1 Å². The van der Waals surface area contributed by atoms with E-state index < -0.39 is 0 Å². The van der Waals surface area contributed by atoms with Crippen LogP contribution in [0.5, 0.6) is 5.75 Å². The molecule has 0 bridgehead atoms. The lowest BCUT2D eigenvalue weighted by Crippen LogP contribution is -2.35. The van der Waals surface area contributed by atoms with Gasteiger partial charge in [-0.25, -0.2) is 0 Å². The number of aliphatic hydroxyl groups is 1. The zero-order valence-corrected chi connectivity index (χ0v) is 12.2. The second kappa shape index (κ2) is 7.38. The van der Waals surface area contributed by atoms with Gasteiger partial charge in [-0.1, -0.05) is 22.9 Å². The summed E-state index contributed by atoms with van der Waals surface area (Å²) in [7, 11) is 0. The van der Waals surface area contributed by atoms with Gasteiger partial charge in [0.25, 0.3) is 5.91 Å². The molecule has 1 rings (SSSR count). The fraction of sp³-hybridized carbons (Fsp3) is 0.462. The van der Waals surface area contributed by atoms with Crippen molar-refractivity contribution >= 4 is 21.8 Å². The number of hydrogen-bond donors (Lipinski definition) is 2. The molecule has 1 aromatic rings. The van der Waals surface area contributed by atoms with E-state index in [1.54, 1.807) is 18.2 Å². The van der Waals surface area contributed by atoms with E-state index in [4.69, 9.17) is 4.74 Å². The van der Waals surface area contributed by atoms with Crippen molar-refractivity contribution in [3.63, 3.8) is 0 Å². The van der Waals surface area contributed by atoms with E-state index in [0.29, 0.717) is 11.3 Å². The van der Waals surface area contributed by atoms with E-state index in [1.165, 1.54) is 0 Å². The summed E-state index contributed by atoms with van der Waals surface area (Å²) < 4.78 is 6.26. The van der Waals surface area contributed by atoms with Crippen LogP contribution in [0, 0.1) is 0 Å². The van der Waals surface area contributed by atoms with Gasteiger partial charge in [-0.2, -0.15) is 0 Å². The first-order valence-electron chi connectivity index (χ1n) is 5.88. The van der Waals surface area contributed by atoms with Crippen molar-refractivity contribution in [2.24, 2.45) is 0 Å². The molecule has 4 nitrogen and oxygen atoms in total. The maximum absolute atomic E-state index is 11.5. The Kier molecular flexibility index (Phi) is 6.15. The lowest BCUT2D eigenvalue weighted by molar-refractivity contribution is -0.123. The van der Waals surface area contributed by atoms with Gasteiger partial charge in [-0.05, 0) is 31.5 Å². The van der Waals surface area contributed by atoms with Crippen LogP contribution in [0.3, 0.4) is 0 Å². The number of carbonyl (C=O) groups is 1. The molecule has 0 heterocycles. The Morgan fingerprint density at radius 2 is 2.28 bits per heavy atom. The lowest BCUT2D eigenvalue weighted by atomic mass is 10.2. The Morgan fingerprint density at radius 3 is 2.89 bits per heavy atom. The fourth-order valence-electron chi connectivity index (χ4n) is 1.37. The predicted octanol–water partition coefficient (Wildman–Crippen LogP) is 2.23. The van der Waals surface area contributed by atoms with Crippen LogP contribution in [0.2, 0.25) is 0 Å². The van der Waals surface area contributed by atoms with E-state index in [0.717, 1.165) is 10.9 Å². The molecule has 0 spiro atoms. The molecular formula is C13H18BrNO3. The van der Waals surface area contributed by atoms with E-state index >= 15 is 0 Å². The van der Waals surface area contributed by atoms with Crippen LogP contribution >= 0.6 is 15.9 Å². The Bertz CT molecular complexity index is 409. The molecule has 2 N–H and O–H groups in total. The summed E-state index contributed by atoms with van der Waals surface area (Å²) >= 11 is 3.31. The number of carbonyl (C=O) groups excluding carboxylic acids is 1. The minimum Gasteiger partial charge on any atom is -0.483 e. The number of benzene rings is 1. The van der Waals surface area contributed by atoms with Crippen LogP contribution in [0.15, 0.2) is 22.7 Å². The van der Waals surface area contributed by atoms with Crippen molar-refractivity contribution in [1.82, 2.24) is 5.32 Å². The molecule has 0 saturated carbocycles. The van der Waals surface area contributed by atoms with Gasteiger partial charge in [0.05, 0.1) is 6.61 Å². The third kappa shape index (κ3) is 4.66. The molecule has 0 aliphatic carbocycles. The summed E-state index contributed by atoms with van der Waals surface area (Å²) in [6, 6.07) is 5.44. The second-order valence-corrected chi connectivity index (χ2v) is 4.99. The summed E-state index contributed by atoms with van der Waals surface area (Å²) in [5.41, 5.74) is 0.653. The number of rotatable bonds is 6. The third-order valence-corrected chi connectivity index (χ3v) is 3.06. The Morgan fingerprint density at radius 1 is 1.56 bits per heavy atom. The molecule has 0 radical (unpaired) electrons. The highest BCUT2D eigenvalue weighted by atomic mass is 79.9. The van der Waals surface area contributed by atoms with Gasteiger partial charge in [-0.3, -0.25) is 4.79 Å². The maximum Gasteiger partial charge on any atom is 0.258 e. The molecule has 18 heavy (non-hydrogen) atoms. The molecule has 0 aliphatic rings. The molecule has 0 saturated heterocycles. The molecular weight excluding hydrogens is 298 g/mol. The highest BCUT2D eigenvalue weighted by Gasteiger charge is 2.08. The number of nitrogens with one attached hydrogen (secondary N) is 1. The SMILES string of the molecule is CCC(C)NC(=O)COc1ccc(Br)cc1CO.